The molecule has 0 fully saturated rings. The van der Waals surface area contributed by atoms with E-state index in [1.165, 1.54) is 11.3 Å². The average Bonchev–Trinajstić information content (AvgIpc) is 3.25. The lowest BCUT2D eigenvalue weighted by Gasteiger charge is -2.10. The van der Waals surface area contributed by atoms with Gasteiger partial charge in [0.2, 0.25) is 0 Å². The minimum absolute atomic E-state index is 0.208. The van der Waals surface area contributed by atoms with Gasteiger partial charge in [-0.25, -0.2) is 5.43 Å². The molecule has 0 saturated heterocycles. The summed E-state index contributed by atoms with van der Waals surface area (Å²) in [5.41, 5.74) is 5.51. The number of carbonyl (C=O) groups excluding carboxylic acids is 1. The number of nitrogens with zero attached hydrogens (tertiary/aromatic N) is 2. The van der Waals surface area contributed by atoms with Crippen LogP contribution >= 0.6 is 11.3 Å². The molecule has 3 rings (SSSR count). The summed E-state index contributed by atoms with van der Waals surface area (Å²) in [6.07, 6.45) is 1.64. The molecule has 0 aliphatic heterocycles. The predicted molar refractivity (Wildman–Crippen MR) is 96.4 cm³/mol. The van der Waals surface area contributed by atoms with Crippen molar-refractivity contribution in [1.29, 1.82) is 0 Å². The fourth-order valence-corrected chi connectivity index (χ4v) is 2.98. The second-order valence-electron chi connectivity index (χ2n) is 5.11. The highest BCUT2D eigenvalue weighted by Crippen LogP contribution is 2.19. The quantitative estimate of drug-likeness (QED) is 0.570. The Labute approximate surface area is 144 Å². The fraction of sp³-hybridized carbons (Fsp3) is 0.111. The van der Waals surface area contributed by atoms with Crippen LogP contribution in [0.4, 0.5) is 0 Å². The highest BCUT2D eigenvalue weighted by Gasteiger charge is 2.07. The first-order valence-electron chi connectivity index (χ1n) is 7.39. The van der Waals surface area contributed by atoms with Crippen molar-refractivity contribution in [3.05, 3.63) is 70.2 Å². The first kappa shape index (κ1) is 16.0. The van der Waals surface area contributed by atoms with Gasteiger partial charge in [0.05, 0.1) is 23.9 Å². The van der Waals surface area contributed by atoms with Crippen LogP contribution in [-0.2, 0) is 0 Å². The van der Waals surface area contributed by atoms with Gasteiger partial charge < -0.3 is 9.30 Å². The van der Waals surface area contributed by atoms with E-state index in [-0.39, 0.29) is 5.91 Å². The lowest BCUT2D eigenvalue weighted by molar-refractivity contribution is 0.0959. The van der Waals surface area contributed by atoms with E-state index in [4.69, 9.17) is 4.74 Å². The van der Waals surface area contributed by atoms with E-state index in [0.29, 0.717) is 4.88 Å². The molecule has 0 aliphatic rings. The molecule has 0 aliphatic carbocycles. The van der Waals surface area contributed by atoms with Gasteiger partial charge in [0.25, 0.3) is 5.91 Å². The van der Waals surface area contributed by atoms with Crippen LogP contribution in [0.2, 0.25) is 0 Å². The normalized spacial score (nSPS) is 10.9. The second kappa shape index (κ2) is 7.14. The molecule has 6 heteroatoms. The molecule has 0 radical (unpaired) electrons. The topological polar surface area (TPSA) is 55.6 Å². The highest BCUT2D eigenvalue weighted by atomic mass is 32.1. The van der Waals surface area contributed by atoms with E-state index in [1.54, 1.807) is 19.4 Å². The number of aryl methyl sites for hydroxylation is 1. The molecule has 24 heavy (non-hydrogen) atoms. The van der Waals surface area contributed by atoms with E-state index in [0.717, 1.165) is 22.8 Å². The van der Waals surface area contributed by atoms with Crippen LogP contribution in [0.1, 0.15) is 21.1 Å². The molecule has 1 amide bonds. The minimum atomic E-state index is -0.208. The van der Waals surface area contributed by atoms with Crippen molar-refractivity contribution in [2.24, 2.45) is 5.10 Å². The molecule has 0 unspecified atom stereocenters. The van der Waals surface area contributed by atoms with Crippen LogP contribution in [0.3, 0.4) is 0 Å². The third-order valence-electron chi connectivity index (χ3n) is 3.54. The molecule has 1 aromatic carbocycles. The van der Waals surface area contributed by atoms with Gasteiger partial charge in [-0.15, -0.1) is 11.3 Å². The number of rotatable bonds is 5. The molecular weight excluding hydrogens is 322 g/mol. The number of aromatic nitrogens is 1. The van der Waals surface area contributed by atoms with Crippen molar-refractivity contribution in [3.63, 3.8) is 0 Å². The van der Waals surface area contributed by atoms with Crippen molar-refractivity contribution in [3.8, 4) is 11.4 Å². The summed E-state index contributed by atoms with van der Waals surface area (Å²) in [5.74, 6) is 0.600. The number of benzene rings is 1. The number of hydrogen-bond donors (Lipinski definition) is 1. The lowest BCUT2D eigenvalue weighted by atomic mass is 10.3. The molecule has 2 aromatic heterocycles. The fourth-order valence-electron chi connectivity index (χ4n) is 2.36. The SMILES string of the molecule is COc1ccc(-n2c(C)ccc2/C=N\NC(=O)c2cccs2)cc1. The zero-order valence-corrected chi connectivity index (χ0v) is 14.2. The zero-order valence-electron chi connectivity index (χ0n) is 13.4. The van der Waals surface area contributed by atoms with Crippen molar-refractivity contribution in [2.75, 3.05) is 7.11 Å². The first-order valence-corrected chi connectivity index (χ1v) is 8.26. The van der Waals surface area contributed by atoms with Gasteiger partial charge in [-0.2, -0.15) is 5.10 Å². The first-order chi connectivity index (χ1) is 11.7. The molecule has 0 atom stereocenters. The van der Waals surface area contributed by atoms with E-state index in [2.05, 4.69) is 15.1 Å². The molecule has 0 saturated carbocycles. The smallest absolute Gasteiger partial charge is 0.281 e. The van der Waals surface area contributed by atoms with Gasteiger partial charge in [-0.1, -0.05) is 6.07 Å². The standard InChI is InChI=1S/C18H17N3O2S/c1-13-5-6-15(12-19-20-18(22)17-4-3-11-24-17)21(13)14-7-9-16(23-2)10-8-14/h3-12H,1-2H3,(H,20,22)/b19-12-. The Morgan fingerprint density at radius 3 is 2.67 bits per heavy atom. The average molecular weight is 339 g/mol. The van der Waals surface area contributed by atoms with Crippen molar-refractivity contribution >= 4 is 23.5 Å². The Kier molecular flexibility index (Phi) is 4.77. The van der Waals surface area contributed by atoms with Crippen LogP contribution < -0.4 is 10.2 Å². The molecule has 122 valence electrons. The van der Waals surface area contributed by atoms with Gasteiger partial charge in [0, 0.05) is 11.4 Å². The maximum absolute atomic E-state index is 11.9. The van der Waals surface area contributed by atoms with Crippen molar-refractivity contribution in [1.82, 2.24) is 9.99 Å². The lowest BCUT2D eigenvalue weighted by Crippen LogP contribution is -2.16. The van der Waals surface area contributed by atoms with E-state index >= 15 is 0 Å². The number of nitrogens with one attached hydrogen (secondary N) is 1. The maximum atomic E-state index is 11.9. The summed E-state index contributed by atoms with van der Waals surface area (Å²) in [6, 6.07) is 15.3. The van der Waals surface area contributed by atoms with Crippen molar-refractivity contribution in [2.45, 2.75) is 6.92 Å². The highest BCUT2D eigenvalue weighted by molar-refractivity contribution is 7.12. The molecule has 0 spiro atoms. The van der Waals surface area contributed by atoms with E-state index in [1.807, 2.05) is 54.8 Å². The zero-order chi connectivity index (χ0) is 16.9. The molecule has 0 bridgehead atoms. The number of ether oxygens (including phenoxy) is 1. The molecule has 3 aromatic rings. The summed E-state index contributed by atoms with van der Waals surface area (Å²) >= 11 is 1.38. The van der Waals surface area contributed by atoms with Crippen molar-refractivity contribution < 1.29 is 9.53 Å². The molecular formula is C18H17N3O2S. The van der Waals surface area contributed by atoms with Gasteiger partial charge in [-0.05, 0) is 54.8 Å². The van der Waals surface area contributed by atoms with Gasteiger partial charge in [0.1, 0.15) is 5.75 Å². The Hall–Kier alpha value is -2.86. The van der Waals surface area contributed by atoms with Crippen LogP contribution in [0.25, 0.3) is 5.69 Å². The monoisotopic (exact) mass is 339 g/mol. The minimum Gasteiger partial charge on any atom is -0.497 e. The molecule has 2 heterocycles. The number of thiophene rings is 1. The van der Waals surface area contributed by atoms with E-state index < -0.39 is 0 Å². The summed E-state index contributed by atoms with van der Waals surface area (Å²) in [7, 11) is 1.64. The maximum Gasteiger partial charge on any atom is 0.281 e. The number of methoxy groups -OCH3 is 1. The Morgan fingerprint density at radius 2 is 2.00 bits per heavy atom. The van der Waals surface area contributed by atoms with Crippen LogP contribution in [0.5, 0.6) is 5.75 Å². The third-order valence-corrected chi connectivity index (χ3v) is 4.41. The van der Waals surface area contributed by atoms with Gasteiger partial charge >= 0.3 is 0 Å². The van der Waals surface area contributed by atoms with Gasteiger partial charge in [-0.3, -0.25) is 4.79 Å². The Morgan fingerprint density at radius 1 is 1.21 bits per heavy atom. The number of hydrogen-bond acceptors (Lipinski definition) is 4. The molecule has 1 N–H and O–H groups in total. The van der Waals surface area contributed by atoms with Crippen LogP contribution in [-0.4, -0.2) is 23.8 Å². The van der Waals surface area contributed by atoms with Gasteiger partial charge in [0.15, 0.2) is 0 Å². The Bertz CT molecular complexity index is 849. The number of hydrazone groups is 1. The predicted octanol–water partition coefficient (Wildman–Crippen LogP) is 3.62. The largest absolute Gasteiger partial charge is 0.497 e. The summed E-state index contributed by atoms with van der Waals surface area (Å²) in [4.78, 5) is 12.5. The summed E-state index contributed by atoms with van der Waals surface area (Å²) in [6.45, 7) is 2.02. The van der Waals surface area contributed by atoms with Crippen LogP contribution in [0.15, 0.2) is 59.0 Å². The number of amides is 1. The second-order valence-corrected chi connectivity index (χ2v) is 6.06. The number of carbonyl (C=O) groups is 1. The van der Waals surface area contributed by atoms with Crippen LogP contribution in [0, 0.1) is 6.92 Å². The van der Waals surface area contributed by atoms with E-state index in [9.17, 15) is 4.79 Å². The summed E-state index contributed by atoms with van der Waals surface area (Å²) < 4.78 is 7.25. The molecule has 5 nitrogen and oxygen atoms in total. The third kappa shape index (κ3) is 3.38. The Balaban J connectivity index is 1.79. The summed E-state index contributed by atoms with van der Waals surface area (Å²) in [5, 5.41) is 5.93.